The van der Waals surface area contributed by atoms with E-state index in [1.165, 1.54) is 12.1 Å². The molecule has 1 unspecified atom stereocenters. The number of aryl methyl sites for hydroxylation is 1. The van der Waals surface area contributed by atoms with Gasteiger partial charge in [-0.25, -0.2) is 13.1 Å². The van der Waals surface area contributed by atoms with E-state index in [4.69, 9.17) is 5.26 Å². The molecule has 122 valence electrons. The van der Waals surface area contributed by atoms with Crippen LogP contribution in [0.15, 0.2) is 23.1 Å². The second kappa shape index (κ2) is 6.78. The smallest absolute Gasteiger partial charge is 0.240 e. The normalized spacial score (nSPS) is 13.9. The van der Waals surface area contributed by atoms with Crippen molar-refractivity contribution in [3.63, 3.8) is 0 Å². The Morgan fingerprint density at radius 1 is 1.36 bits per heavy atom. The molecular weight excluding hydrogens is 300 g/mol. The summed E-state index contributed by atoms with van der Waals surface area (Å²) in [6.45, 7) is 9.23. The van der Waals surface area contributed by atoms with Crippen LogP contribution in [-0.4, -0.2) is 26.2 Å². The third-order valence-corrected chi connectivity index (χ3v) is 5.30. The first kappa shape index (κ1) is 18.6. The van der Waals surface area contributed by atoms with E-state index in [9.17, 15) is 13.5 Å². The Bertz CT molecular complexity index is 673. The molecule has 0 aliphatic carbocycles. The van der Waals surface area contributed by atoms with Crippen LogP contribution < -0.4 is 4.72 Å². The first-order valence-corrected chi connectivity index (χ1v) is 8.68. The molecule has 0 heterocycles. The molecule has 0 spiro atoms. The molecule has 0 aromatic heterocycles. The number of aliphatic hydroxyl groups excluding tert-OH is 1. The molecule has 1 aromatic carbocycles. The topological polar surface area (TPSA) is 90.2 Å². The summed E-state index contributed by atoms with van der Waals surface area (Å²) in [6.07, 6.45) is -0.614. The van der Waals surface area contributed by atoms with Crippen LogP contribution in [0.2, 0.25) is 0 Å². The molecule has 1 aromatic rings. The van der Waals surface area contributed by atoms with Gasteiger partial charge in [-0.05, 0) is 36.6 Å². The Morgan fingerprint density at radius 3 is 2.41 bits per heavy atom. The maximum absolute atomic E-state index is 12.4. The van der Waals surface area contributed by atoms with Gasteiger partial charge in [0.05, 0.1) is 22.6 Å². The third kappa shape index (κ3) is 4.29. The highest BCUT2D eigenvalue weighted by molar-refractivity contribution is 7.89. The van der Waals surface area contributed by atoms with Crippen LogP contribution in [0.3, 0.4) is 0 Å². The highest BCUT2D eigenvalue weighted by Gasteiger charge is 2.32. The maximum atomic E-state index is 12.4. The van der Waals surface area contributed by atoms with Gasteiger partial charge in [0.1, 0.15) is 0 Å². The number of sulfonamides is 1. The summed E-state index contributed by atoms with van der Waals surface area (Å²) in [6, 6.07) is 6.44. The van der Waals surface area contributed by atoms with Crippen LogP contribution >= 0.6 is 0 Å². The molecule has 22 heavy (non-hydrogen) atoms. The number of hydrogen-bond donors (Lipinski definition) is 2. The van der Waals surface area contributed by atoms with Gasteiger partial charge < -0.3 is 5.11 Å². The minimum Gasteiger partial charge on any atom is -0.392 e. The van der Waals surface area contributed by atoms with E-state index in [2.05, 4.69) is 4.72 Å². The predicted molar refractivity (Wildman–Crippen MR) is 85.7 cm³/mol. The van der Waals surface area contributed by atoms with Gasteiger partial charge in [0, 0.05) is 12.0 Å². The first-order valence-electron chi connectivity index (χ1n) is 7.20. The van der Waals surface area contributed by atoms with E-state index < -0.39 is 21.5 Å². The molecule has 0 aliphatic heterocycles. The van der Waals surface area contributed by atoms with Gasteiger partial charge in [0.25, 0.3) is 0 Å². The summed E-state index contributed by atoms with van der Waals surface area (Å²) >= 11 is 0. The number of rotatable bonds is 6. The van der Waals surface area contributed by atoms with E-state index >= 15 is 0 Å². The monoisotopic (exact) mass is 324 g/mol. The summed E-state index contributed by atoms with van der Waals surface area (Å²) in [5.41, 5.74) is 0.364. The zero-order valence-electron chi connectivity index (χ0n) is 13.7. The zero-order chi connectivity index (χ0) is 17.1. The second-order valence-corrected chi connectivity index (χ2v) is 8.33. The number of nitrogens with one attached hydrogen (secondary N) is 1. The van der Waals surface area contributed by atoms with E-state index in [0.29, 0.717) is 11.1 Å². The number of hydrogen-bond acceptors (Lipinski definition) is 4. The predicted octanol–water partition coefficient (Wildman–Crippen LogP) is 2.19. The van der Waals surface area contributed by atoms with Crippen molar-refractivity contribution < 1.29 is 13.5 Å². The van der Waals surface area contributed by atoms with Crippen molar-refractivity contribution in [2.45, 2.75) is 45.6 Å². The fourth-order valence-corrected chi connectivity index (χ4v) is 3.83. The van der Waals surface area contributed by atoms with Crippen LogP contribution in [0.5, 0.6) is 0 Å². The van der Waals surface area contributed by atoms with Crippen LogP contribution in [0, 0.1) is 29.6 Å². The Hall–Kier alpha value is -1.42. The van der Waals surface area contributed by atoms with Crippen molar-refractivity contribution >= 4 is 10.0 Å². The molecular formula is C16H24N2O3S. The van der Waals surface area contributed by atoms with Gasteiger partial charge in [-0.1, -0.05) is 27.7 Å². The number of nitriles is 1. The first-order chi connectivity index (χ1) is 10.0. The summed E-state index contributed by atoms with van der Waals surface area (Å²) < 4.78 is 27.4. The van der Waals surface area contributed by atoms with E-state index in [-0.39, 0.29) is 17.4 Å². The highest BCUT2D eigenvalue weighted by Crippen LogP contribution is 2.26. The lowest BCUT2D eigenvalue weighted by atomic mass is 9.81. The molecule has 0 fully saturated rings. The lowest BCUT2D eigenvalue weighted by molar-refractivity contribution is 0.0166. The standard InChI is InChI=1S/C16H24N2O3S/c1-11(2)15(19)16(4,5)10-18-22(20,21)14-7-6-13(9-17)8-12(14)3/h6-8,11,15,18-19H,10H2,1-5H3. The number of benzene rings is 1. The SMILES string of the molecule is Cc1cc(C#N)ccc1S(=O)(=O)NCC(C)(C)C(O)C(C)C. The van der Waals surface area contributed by atoms with Crippen LogP contribution in [0.1, 0.15) is 38.8 Å². The molecule has 5 nitrogen and oxygen atoms in total. The zero-order valence-corrected chi connectivity index (χ0v) is 14.5. The molecule has 0 aliphatic rings. The fourth-order valence-electron chi connectivity index (χ4n) is 2.39. The molecule has 0 bridgehead atoms. The van der Waals surface area contributed by atoms with Crippen LogP contribution in [-0.2, 0) is 10.0 Å². The van der Waals surface area contributed by atoms with E-state index in [1.807, 2.05) is 33.8 Å². The number of nitrogens with zero attached hydrogens (tertiary/aromatic N) is 1. The molecule has 2 N–H and O–H groups in total. The largest absolute Gasteiger partial charge is 0.392 e. The van der Waals surface area contributed by atoms with Crippen molar-refractivity contribution in [1.29, 1.82) is 5.26 Å². The Kier molecular flexibility index (Phi) is 5.74. The Labute approximate surface area is 133 Å². The van der Waals surface area contributed by atoms with Crippen LogP contribution in [0.4, 0.5) is 0 Å². The Balaban J connectivity index is 2.96. The van der Waals surface area contributed by atoms with Crippen molar-refractivity contribution in [2.24, 2.45) is 11.3 Å². The molecule has 0 saturated heterocycles. The van der Waals surface area contributed by atoms with Gasteiger partial charge in [-0.2, -0.15) is 5.26 Å². The molecule has 1 rings (SSSR count). The molecule has 0 radical (unpaired) electrons. The lowest BCUT2D eigenvalue weighted by Crippen LogP contribution is -2.43. The summed E-state index contributed by atoms with van der Waals surface area (Å²) in [5, 5.41) is 19.0. The molecule has 0 amide bonds. The van der Waals surface area contributed by atoms with Gasteiger partial charge in [0.15, 0.2) is 0 Å². The maximum Gasteiger partial charge on any atom is 0.240 e. The average molecular weight is 324 g/mol. The average Bonchev–Trinajstić information content (AvgIpc) is 2.44. The number of aliphatic hydroxyl groups is 1. The van der Waals surface area contributed by atoms with Gasteiger partial charge in [0.2, 0.25) is 10.0 Å². The van der Waals surface area contributed by atoms with Crippen molar-refractivity contribution in [1.82, 2.24) is 4.72 Å². The lowest BCUT2D eigenvalue weighted by Gasteiger charge is -2.33. The van der Waals surface area contributed by atoms with E-state index in [1.54, 1.807) is 13.0 Å². The quantitative estimate of drug-likeness (QED) is 0.839. The third-order valence-electron chi connectivity index (χ3n) is 3.74. The van der Waals surface area contributed by atoms with Gasteiger partial charge >= 0.3 is 0 Å². The van der Waals surface area contributed by atoms with E-state index in [0.717, 1.165) is 0 Å². The second-order valence-electron chi connectivity index (χ2n) is 6.59. The molecule has 0 saturated carbocycles. The minimum absolute atomic E-state index is 0.0381. The van der Waals surface area contributed by atoms with Gasteiger partial charge in [-0.15, -0.1) is 0 Å². The highest BCUT2D eigenvalue weighted by atomic mass is 32.2. The van der Waals surface area contributed by atoms with Gasteiger partial charge in [-0.3, -0.25) is 0 Å². The van der Waals surface area contributed by atoms with Crippen molar-refractivity contribution in [2.75, 3.05) is 6.54 Å². The molecule has 6 heteroatoms. The summed E-state index contributed by atoms with van der Waals surface area (Å²) in [4.78, 5) is 0.154. The van der Waals surface area contributed by atoms with Crippen LogP contribution in [0.25, 0.3) is 0 Å². The summed E-state index contributed by atoms with van der Waals surface area (Å²) in [5.74, 6) is 0.0381. The fraction of sp³-hybridized carbons (Fsp3) is 0.562. The van der Waals surface area contributed by atoms with Crippen molar-refractivity contribution in [3.05, 3.63) is 29.3 Å². The summed E-state index contributed by atoms with van der Waals surface area (Å²) in [7, 11) is -3.68. The molecule has 1 atom stereocenters. The Morgan fingerprint density at radius 2 is 1.95 bits per heavy atom. The van der Waals surface area contributed by atoms with Crippen molar-refractivity contribution in [3.8, 4) is 6.07 Å². The minimum atomic E-state index is -3.68.